The van der Waals surface area contributed by atoms with Gasteiger partial charge in [-0.15, -0.1) is 10.6 Å². The van der Waals surface area contributed by atoms with Gasteiger partial charge in [0.15, 0.2) is 0 Å². The SMILES string of the molecule is C1CNNOOC1. The summed E-state index contributed by atoms with van der Waals surface area (Å²) in [6, 6.07) is 0. The Morgan fingerprint density at radius 2 is 2.43 bits per heavy atom. The van der Waals surface area contributed by atoms with Crippen molar-refractivity contribution in [3.63, 3.8) is 0 Å². The fourth-order valence-corrected chi connectivity index (χ4v) is 0.371. The first-order valence-corrected chi connectivity index (χ1v) is 2.26. The number of hydrazine groups is 1. The summed E-state index contributed by atoms with van der Waals surface area (Å²) >= 11 is 0. The topological polar surface area (TPSA) is 42.5 Å². The molecule has 0 aliphatic carbocycles. The van der Waals surface area contributed by atoms with Crippen LogP contribution in [0.25, 0.3) is 0 Å². The van der Waals surface area contributed by atoms with Gasteiger partial charge in [-0.2, -0.15) is 0 Å². The highest BCUT2D eigenvalue weighted by Gasteiger charge is 1.93. The summed E-state index contributed by atoms with van der Waals surface area (Å²) in [5.41, 5.74) is 5.12. The Morgan fingerprint density at radius 3 is 3.43 bits per heavy atom. The van der Waals surface area contributed by atoms with Crippen LogP contribution in [0.1, 0.15) is 6.42 Å². The third-order valence-corrected chi connectivity index (χ3v) is 0.702. The van der Waals surface area contributed by atoms with Crippen LogP contribution in [0.4, 0.5) is 0 Å². The van der Waals surface area contributed by atoms with Crippen LogP contribution in [0.5, 0.6) is 0 Å². The normalized spacial score (nSPS) is 24.0. The van der Waals surface area contributed by atoms with Gasteiger partial charge in [0.2, 0.25) is 0 Å². The third-order valence-electron chi connectivity index (χ3n) is 0.702. The molecule has 42 valence electrons. The average Bonchev–Trinajstić information content (AvgIpc) is 1.90. The summed E-state index contributed by atoms with van der Waals surface area (Å²) in [7, 11) is 0. The molecule has 0 aromatic rings. The molecular formula is C3H8N2O2. The maximum atomic E-state index is 4.52. The van der Waals surface area contributed by atoms with Gasteiger partial charge in [-0.3, -0.25) is 0 Å². The Bertz CT molecular complexity index is 30.5. The van der Waals surface area contributed by atoms with E-state index in [9.17, 15) is 0 Å². The van der Waals surface area contributed by atoms with Gasteiger partial charge in [0.05, 0.1) is 6.61 Å². The molecular weight excluding hydrogens is 96.0 g/mol. The number of nitrogens with one attached hydrogen (secondary N) is 2. The number of rotatable bonds is 0. The lowest BCUT2D eigenvalue weighted by Gasteiger charge is -1.94. The highest BCUT2D eigenvalue weighted by atomic mass is 17.3. The van der Waals surface area contributed by atoms with E-state index in [0.717, 1.165) is 13.0 Å². The Hall–Kier alpha value is -0.160. The van der Waals surface area contributed by atoms with Crippen LogP contribution in [0.3, 0.4) is 0 Å². The van der Waals surface area contributed by atoms with Crippen LogP contribution in [-0.4, -0.2) is 13.2 Å². The Morgan fingerprint density at radius 1 is 1.43 bits per heavy atom. The van der Waals surface area contributed by atoms with E-state index in [1.54, 1.807) is 0 Å². The Labute approximate surface area is 41.6 Å². The second-order valence-electron chi connectivity index (χ2n) is 1.29. The first kappa shape index (κ1) is 4.99. The van der Waals surface area contributed by atoms with Crippen molar-refractivity contribution < 1.29 is 9.88 Å². The van der Waals surface area contributed by atoms with Gasteiger partial charge in [-0.1, -0.05) is 0 Å². The standard InChI is InChI=1S/C3H8N2O2/c1-2-4-5-7-6-3-1/h4-5H,1-3H2. The number of hydrogen-bond acceptors (Lipinski definition) is 4. The van der Waals surface area contributed by atoms with Crippen molar-refractivity contribution in [1.29, 1.82) is 0 Å². The van der Waals surface area contributed by atoms with Crippen molar-refractivity contribution in [1.82, 2.24) is 11.0 Å². The minimum absolute atomic E-state index is 0.653. The fraction of sp³-hybridized carbons (Fsp3) is 1.00. The van der Waals surface area contributed by atoms with Gasteiger partial charge in [-0.05, 0) is 6.42 Å². The van der Waals surface area contributed by atoms with Crippen LogP contribution in [-0.2, 0) is 9.88 Å². The van der Waals surface area contributed by atoms with E-state index < -0.39 is 0 Å². The monoisotopic (exact) mass is 104 g/mol. The average molecular weight is 104 g/mol. The highest BCUT2D eigenvalue weighted by Crippen LogP contribution is 1.82. The van der Waals surface area contributed by atoms with Crippen LogP contribution >= 0.6 is 0 Å². The van der Waals surface area contributed by atoms with Crippen LogP contribution in [0.2, 0.25) is 0 Å². The zero-order valence-electron chi connectivity index (χ0n) is 3.94. The lowest BCUT2D eigenvalue weighted by atomic mass is 10.5. The molecule has 1 fully saturated rings. The van der Waals surface area contributed by atoms with E-state index in [1.807, 2.05) is 0 Å². The Balaban J connectivity index is 2.04. The largest absolute Gasteiger partial charge is 0.232 e. The maximum absolute atomic E-state index is 4.52. The van der Waals surface area contributed by atoms with Crippen molar-refractivity contribution in [2.24, 2.45) is 0 Å². The zero-order chi connectivity index (χ0) is 4.95. The molecule has 0 aromatic carbocycles. The molecule has 1 aliphatic heterocycles. The third kappa shape index (κ3) is 1.84. The molecule has 1 rings (SSSR count). The van der Waals surface area contributed by atoms with Crippen LogP contribution in [0, 0.1) is 0 Å². The second kappa shape index (κ2) is 2.92. The lowest BCUT2D eigenvalue weighted by molar-refractivity contribution is -0.336. The van der Waals surface area contributed by atoms with Gasteiger partial charge in [0, 0.05) is 6.54 Å². The molecule has 0 bridgehead atoms. The molecule has 0 saturated carbocycles. The predicted molar refractivity (Wildman–Crippen MR) is 22.8 cm³/mol. The molecule has 4 heteroatoms. The summed E-state index contributed by atoms with van der Waals surface area (Å²) in [4.78, 5) is 8.85. The molecule has 2 N–H and O–H groups in total. The van der Waals surface area contributed by atoms with Crippen LogP contribution < -0.4 is 11.0 Å². The summed E-state index contributed by atoms with van der Waals surface area (Å²) in [6.45, 7) is 1.54. The highest BCUT2D eigenvalue weighted by molar-refractivity contribution is 4.36. The van der Waals surface area contributed by atoms with Gasteiger partial charge in [-0.25, -0.2) is 10.3 Å². The first-order valence-electron chi connectivity index (χ1n) is 2.26. The molecule has 1 aliphatic rings. The second-order valence-corrected chi connectivity index (χ2v) is 1.29. The lowest BCUT2D eigenvalue weighted by Crippen LogP contribution is -2.29. The maximum Gasteiger partial charge on any atom is 0.0855 e. The van der Waals surface area contributed by atoms with Crippen molar-refractivity contribution in [3.05, 3.63) is 0 Å². The van der Waals surface area contributed by atoms with Gasteiger partial charge in [0.1, 0.15) is 0 Å². The first-order chi connectivity index (χ1) is 3.50. The van der Waals surface area contributed by atoms with E-state index in [-0.39, 0.29) is 0 Å². The molecule has 1 heterocycles. The zero-order valence-corrected chi connectivity index (χ0v) is 3.94. The van der Waals surface area contributed by atoms with Crippen molar-refractivity contribution in [2.45, 2.75) is 6.42 Å². The van der Waals surface area contributed by atoms with Gasteiger partial charge < -0.3 is 0 Å². The molecule has 0 aromatic heterocycles. The van der Waals surface area contributed by atoms with Crippen LogP contribution in [0.15, 0.2) is 0 Å². The van der Waals surface area contributed by atoms with E-state index in [1.165, 1.54) is 0 Å². The van der Waals surface area contributed by atoms with Gasteiger partial charge >= 0.3 is 0 Å². The minimum atomic E-state index is 0.653. The smallest absolute Gasteiger partial charge is 0.0855 e. The van der Waals surface area contributed by atoms with E-state index in [2.05, 4.69) is 20.9 Å². The summed E-state index contributed by atoms with van der Waals surface area (Å²) < 4.78 is 0. The molecule has 0 atom stereocenters. The fourth-order valence-electron chi connectivity index (χ4n) is 0.371. The molecule has 0 radical (unpaired) electrons. The molecule has 0 amide bonds. The van der Waals surface area contributed by atoms with E-state index >= 15 is 0 Å². The molecule has 0 spiro atoms. The minimum Gasteiger partial charge on any atom is -0.232 e. The Kier molecular flexibility index (Phi) is 2.08. The van der Waals surface area contributed by atoms with Crippen molar-refractivity contribution in [3.8, 4) is 0 Å². The quantitative estimate of drug-likeness (QED) is 0.401. The summed E-state index contributed by atoms with van der Waals surface area (Å²) in [5, 5.41) is 0. The summed E-state index contributed by atoms with van der Waals surface area (Å²) in [5.74, 6) is 0. The molecule has 1 saturated heterocycles. The van der Waals surface area contributed by atoms with Gasteiger partial charge in [0.25, 0.3) is 0 Å². The molecule has 4 nitrogen and oxygen atoms in total. The predicted octanol–water partition coefficient (Wildman–Crippen LogP) is -0.653. The van der Waals surface area contributed by atoms with E-state index in [4.69, 9.17) is 0 Å². The molecule has 0 unspecified atom stereocenters. The summed E-state index contributed by atoms with van der Waals surface area (Å²) in [6.07, 6.45) is 0.979. The van der Waals surface area contributed by atoms with Crippen molar-refractivity contribution in [2.75, 3.05) is 13.2 Å². The molecule has 7 heavy (non-hydrogen) atoms. The number of hydrogen-bond donors (Lipinski definition) is 2. The van der Waals surface area contributed by atoms with E-state index in [0.29, 0.717) is 6.61 Å². The van der Waals surface area contributed by atoms with Crippen molar-refractivity contribution >= 4 is 0 Å².